The van der Waals surface area contributed by atoms with Crippen LogP contribution in [-0.2, 0) is 13.8 Å². The highest BCUT2D eigenvalue weighted by Crippen LogP contribution is 2.41. The third kappa shape index (κ3) is 4.41. The Morgan fingerprint density at radius 1 is 1.34 bits per heavy atom. The molecule has 6 atom stereocenters. The van der Waals surface area contributed by atoms with Crippen molar-refractivity contribution in [1.29, 1.82) is 0 Å². The normalized spacial score (nSPS) is 26.7. The molecule has 3 heterocycles. The first-order valence-electron chi connectivity index (χ1n) is 9.71. The van der Waals surface area contributed by atoms with Crippen LogP contribution < -0.4 is 5.32 Å². The van der Waals surface area contributed by atoms with Gasteiger partial charge in [-0.2, -0.15) is 0 Å². The van der Waals surface area contributed by atoms with Crippen molar-refractivity contribution in [1.82, 2.24) is 19.5 Å². The van der Waals surface area contributed by atoms with Crippen LogP contribution >= 0.6 is 8.03 Å². The highest BCUT2D eigenvalue weighted by atomic mass is 31.1. The van der Waals surface area contributed by atoms with E-state index in [0.717, 1.165) is 6.42 Å². The van der Waals surface area contributed by atoms with E-state index < -0.39 is 38.2 Å². The molecule has 1 aliphatic heterocycles. The van der Waals surface area contributed by atoms with Gasteiger partial charge in [0.15, 0.2) is 23.4 Å². The summed E-state index contributed by atoms with van der Waals surface area (Å²) in [6.07, 6.45) is 0.0415. The Morgan fingerprint density at radius 2 is 2.07 bits per heavy atom. The van der Waals surface area contributed by atoms with Gasteiger partial charge in [-0.3, -0.25) is 4.57 Å². The molecule has 160 valence electrons. The summed E-state index contributed by atoms with van der Waals surface area (Å²) in [4.78, 5) is 12.7. The Morgan fingerprint density at radius 3 is 2.72 bits per heavy atom. The number of aliphatic hydroxyl groups excluding tert-OH is 2. The lowest BCUT2D eigenvalue weighted by atomic mass is 9.97. The van der Waals surface area contributed by atoms with Gasteiger partial charge in [0.25, 0.3) is 0 Å². The molecule has 0 aliphatic carbocycles. The fourth-order valence-electron chi connectivity index (χ4n) is 3.35. The first-order valence-corrected chi connectivity index (χ1v) is 11.0. The van der Waals surface area contributed by atoms with Gasteiger partial charge in [-0.05, 0) is 31.8 Å². The van der Waals surface area contributed by atoms with Crippen LogP contribution in [0.15, 0.2) is 12.7 Å². The maximum Gasteiger partial charge on any atom is 0.511 e. The van der Waals surface area contributed by atoms with Crippen molar-refractivity contribution in [3.63, 3.8) is 0 Å². The molecule has 0 bridgehead atoms. The van der Waals surface area contributed by atoms with Crippen LogP contribution in [0, 0.1) is 0 Å². The smallest absolute Gasteiger partial charge is 0.388 e. The van der Waals surface area contributed by atoms with Crippen LogP contribution in [0.2, 0.25) is 0 Å². The van der Waals surface area contributed by atoms with Gasteiger partial charge in [0.2, 0.25) is 0 Å². The fourth-order valence-corrected chi connectivity index (χ4v) is 4.39. The van der Waals surface area contributed by atoms with E-state index in [4.69, 9.17) is 9.26 Å². The van der Waals surface area contributed by atoms with E-state index in [1.54, 1.807) is 25.5 Å². The first-order chi connectivity index (χ1) is 13.7. The van der Waals surface area contributed by atoms with Crippen LogP contribution in [0.5, 0.6) is 0 Å². The summed E-state index contributed by atoms with van der Waals surface area (Å²) >= 11 is 0. The third-order valence-corrected chi connectivity index (χ3v) is 6.95. The number of nitrogens with zero attached hydrogens (tertiary/aromatic N) is 4. The molecule has 0 saturated carbocycles. The molecule has 3 rings (SSSR count). The van der Waals surface area contributed by atoms with Crippen molar-refractivity contribution in [3.05, 3.63) is 12.7 Å². The topological polar surface area (TPSA) is 132 Å². The number of aliphatic hydroxyl groups is 2. The number of hydrogen-bond acceptors (Lipinski definition) is 9. The zero-order valence-corrected chi connectivity index (χ0v) is 18.2. The fraction of sp³-hybridized carbons (Fsp3) is 0.722. The molecule has 10 nitrogen and oxygen atoms in total. The minimum absolute atomic E-state index is 0.0598. The van der Waals surface area contributed by atoms with Crippen molar-refractivity contribution in [2.45, 2.75) is 76.3 Å². The standard InChI is InChI=1S/C18H29N5O5P/c1-6-10(2)29(26)28-18(3,4)7-11-13(24)14(25)17(27-11)23-9-22-12-15(19-5)20-8-21-16(12)23/h8-11,13-14,17,24-25H,6-7H2,1-5H3,(H,19,20,21)/q+1/t10?,11-,13?,14-,17+/m1/s1. The summed E-state index contributed by atoms with van der Waals surface area (Å²) in [6, 6.07) is 0. The first kappa shape index (κ1) is 22.0. The summed E-state index contributed by atoms with van der Waals surface area (Å²) in [5.74, 6) is 0.557. The van der Waals surface area contributed by atoms with Crippen molar-refractivity contribution >= 4 is 25.0 Å². The van der Waals surface area contributed by atoms with Gasteiger partial charge in [-0.25, -0.2) is 15.0 Å². The maximum atomic E-state index is 12.3. The molecule has 0 radical (unpaired) electrons. The van der Waals surface area contributed by atoms with Gasteiger partial charge < -0.3 is 20.3 Å². The number of hydrogen-bond donors (Lipinski definition) is 3. The molecule has 0 aromatic carbocycles. The Hall–Kier alpha value is -1.71. The minimum Gasteiger partial charge on any atom is -0.388 e. The molecule has 1 aliphatic rings. The lowest BCUT2D eigenvalue weighted by Gasteiger charge is -2.24. The van der Waals surface area contributed by atoms with Crippen molar-refractivity contribution in [2.24, 2.45) is 0 Å². The van der Waals surface area contributed by atoms with E-state index in [2.05, 4.69) is 20.3 Å². The van der Waals surface area contributed by atoms with E-state index in [9.17, 15) is 14.8 Å². The van der Waals surface area contributed by atoms with E-state index >= 15 is 0 Å². The predicted octanol–water partition coefficient (Wildman–Crippen LogP) is 2.21. The summed E-state index contributed by atoms with van der Waals surface area (Å²) in [7, 11) is -0.111. The SMILES string of the molecule is CCC(C)[P+](=O)OC(C)(C)C[C@H]1O[C@H](n2cnc3c(NC)ncnc32)[C@H](O)C1O. The molecule has 2 aromatic rings. The second-order valence-electron chi connectivity index (χ2n) is 7.94. The van der Waals surface area contributed by atoms with E-state index in [1.807, 2.05) is 13.8 Å². The molecule has 3 unspecified atom stereocenters. The quantitative estimate of drug-likeness (QED) is 0.544. The van der Waals surface area contributed by atoms with Crippen LogP contribution in [0.3, 0.4) is 0 Å². The number of fused-ring (bicyclic) bond motifs is 1. The van der Waals surface area contributed by atoms with Crippen LogP contribution in [-0.4, -0.2) is 66.4 Å². The molecule has 2 aromatic heterocycles. The number of nitrogens with one attached hydrogen (secondary N) is 1. The van der Waals surface area contributed by atoms with Gasteiger partial charge in [0.05, 0.1) is 12.4 Å². The molecule has 0 amide bonds. The maximum absolute atomic E-state index is 12.3. The average molecular weight is 426 g/mol. The molecular formula is C18H29N5O5P+. The molecule has 29 heavy (non-hydrogen) atoms. The summed E-state index contributed by atoms with van der Waals surface area (Å²) in [5.41, 5.74) is 0.167. The number of anilines is 1. The number of rotatable bonds is 8. The van der Waals surface area contributed by atoms with Crippen molar-refractivity contribution < 1.29 is 24.0 Å². The average Bonchev–Trinajstić information content (AvgIpc) is 3.22. The monoisotopic (exact) mass is 426 g/mol. The van der Waals surface area contributed by atoms with E-state index in [1.165, 1.54) is 12.7 Å². The van der Waals surface area contributed by atoms with Gasteiger partial charge in [-0.1, -0.05) is 6.92 Å². The Kier molecular flexibility index (Phi) is 6.50. The number of aromatic nitrogens is 4. The van der Waals surface area contributed by atoms with Gasteiger partial charge in [-0.15, -0.1) is 4.52 Å². The summed E-state index contributed by atoms with van der Waals surface area (Å²) in [5, 5.41) is 24.1. The Balaban J connectivity index is 1.78. The highest BCUT2D eigenvalue weighted by Gasteiger charge is 2.48. The van der Waals surface area contributed by atoms with Gasteiger partial charge in [0, 0.05) is 13.5 Å². The zero-order chi connectivity index (χ0) is 21.3. The highest BCUT2D eigenvalue weighted by molar-refractivity contribution is 7.40. The van der Waals surface area contributed by atoms with Crippen LogP contribution in [0.4, 0.5) is 5.82 Å². The summed E-state index contributed by atoms with van der Waals surface area (Å²) in [6.45, 7) is 7.44. The lowest BCUT2D eigenvalue weighted by molar-refractivity contribution is -0.0578. The second-order valence-corrected chi connectivity index (χ2v) is 9.58. The zero-order valence-electron chi connectivity index (χ0n) is 17.3. The lowest BCUT2D eigenvalue weighted by Crippen LogP contribution is -2.36. The minimum atomic E-state index is -1.84. The summed E-state index contributed by atoms with van der Waals surface area (Å²) < 4.78 is 25.6. The van der Waals surface area contributed by atoms with Crippen molar-refractivity contribution in [2.75, 3.05) is 12.4 Å². The molecule has 1 saturated heterocycles. The number of ether oxygens (including phenoxy) is 1. The van der Waals surface area contributed by atoms with E-state index in [0.29, 0.717) is 17.0 Å². The molecule has 1 fully saturated rings. The molecular weight excluding hydrogens is 397 g/mol. The largest absolute Gasteiger partial charge is 0.511 e. The molecule has 11 heteroatoms. The van der Waals surface area contributed by atoms with Crippen LogP contribution in [0.25, 0.3) is 11.2 Å². The third-order valence-electron chi connectivity index (χ3n) is 5.19. The molecule has 0 spiro atoms. The van der Waals surface area contributed by atoms with E-state index in [-0.39, 0.29) is 12.1 Å². The predicted molar refractivity (Wildman–Crippen MR) is 108 cm³/mol. The van der Waals surface area contributed by atoms with Crippen LogP contribution in [0.1, 0.15) is 46.8 Å². The van der Waals surface area contributed by atoms with Crippen molar-refractivity contribution in [3.8, 4) is 0 Å². The van der Waals surface area contributed by atoms with Gasteiger partial charge >= 0.3 is 8.03 Å². The second kappa shape index (κ2) is 8.57. The molecule has 3 N–H and O–H groups in total. The number of imidazole rings is 1. The van der Waals surface area contributed by atoms with Gasteiger partial charge in [0.1, 0.15) is 29.7 Å². The Labute approximate surface area is 170 Å². The Bertz CT molecular complexity index is 875.